The van der Waals surface area contributed by atoms with E-state index in [1.54, 1.807) is 0 Å². The van der Waals surface area contributed by atoms with E-state index < -0.39 is 42.8 Å². The zero-order valence-corrected chi connectivity index (χ0v) is 15.5. The molecule has 1 aliphatic rings. The zero-order valence-electron chi connectivity index (χ0n) is 13.8. The minimum absolute atomic E-state index is 0.0335. The number of aliphatic hydroxyl groups excluding tert-OH is 2. The quantitative estimate of drug-likeness (QED) is 0.183. The molecule has 0 amide bonds. The Bertz CT molecular complexity index is 957. The summed E-state index contributed by atoms with van der Waals surface area (Å²) in [4.78, 5) is 44.2. The van der Waals surface area contributed by atoms with Crippen LogP contribution < -0.4 is 10.9 Å². The van der Waals surface area contributed by atoms with Gasteiger partial charge in [-0.1, -0.05) is 0 Å². The van der Waals surface area contributed by atoms with Gasteiger partial charge in [-0.2, -0.15) is 4.98 Å². The summed E-state index contributed by atoms with van der Waals surface area (Å²) in [6.07, 6.45) is 0.0106. The van der Waals surface area contributed by atoms with Gasteiger partial charge < -0.3 is 25.3 Å². The third-order valence-electron chi connectivity index (χ3n) is 3.78. The average molecular weight is 420 g/mol. The fourth-order valence-corrected chi connectivity index (χ4v) is 4.46. The molecule has 3 rings (SSSR count). The lowest BCUT2D eigenvalue weighted by Gasteiger charge is -2.17. The number of thioether (sulfide) groups is 1. The first-order chi connectivity index (χ1) is 12.7. The SMILES string of the molecule is CN=CNc1nc2c(ncn2[C@@H]2S[C@H](COP(=O)(O)O)[C@@H](O)[C@H]2O)c(=O)[nH]1. The summed E-state index contributed by atoms with van der Waals surface area (Å²) in [7, 11) is -3.18. The van der Waals surface area contributed by atoms with Gasteiger partial charge in [0.15, 0.2) is 11.2 Å². The Balaban J connectivity index is 1.91. The molecule has 0 spiro atoms. The first-order valence-electron chi connectivity index (χ1n) is 7.57. The highest BCUT2D eigenvalue weighted by molar-refractivity contribution is 8.00. The van der Waals surface area contributed by atoms with Gasteiger partial charge in [-0.05, 0) is 0 Å². The van der Waals surface area contributed by atoms with Crippen LogP contribution in [-0.2, 0) is 9.09 Å². The summed E-state index contributed by atoms with van der Waals surface area (Å²) >= 11 is 1.03. The lowest BCUT2D eigenvalue weighted by Crippen LogP contribution is -2.33. The molecule has 0 saturated carbocycles. The standard InChI is InChI=1S/C12H17N6O7PS/c1-13-3-14-12-16-9-6(10(21)17-12)15-4-18(9)11-8(20)7(19)5(27-11)2-25-26(22,23)24/h3-5,7-8,11,19-20H,2H2,1H3,(H2,22,23,24)(H2,13,14,16,17,21)/t5-,7-,8-,11-/m1/s1. The number of nitrogens with zero attached hydrogens (tertiary/aromatic N) is 4. The van der Waals surface area contributed by atoms with Crippen LogP contribution in [0.1, 0.15) is 5.37 Å². The summed E-state index contributed by atoms with van der Waals surface area (Å²) in [5, 5.41) is 21.6. The number of H-pyrrole nitrogens is 1. The number of aromatic nitrogens is 4. The Morgan fingerprint density at radius 2 is 2.22 bits per heavy atom. The topological polar surface area (TPSA) is 195 Å². The normalized spacial score (nSPS) is 26.3. The molecule has 1 fully saturated rings. The molecule has 15 heteroatoms. The third kappa shape index (κ3) is 4.21. The number of hydrogen-bond donors (Lipinski definition) is 6. The van der Waals surface area contributed by atoms with E-state index >= 15 is 0 Å². The predicted octanol–water partition coefficient (Wildman–Crippen LogP) is -1.37. The van der Waals surface area contributed by atoms with E-state index in [1.807, 2.05) is 0 Å². The van der Waals surface area contributed by atoms with Crippen LogP contribution in [0.3, 0.4) is 0 Å². The summed E-state index contributed by atoms with van der Waals surface area (Å²) in [5.74, 6) is 0.110. The predicted molar refractivity (Wildman–Crippen MR) is 96.6 cm³/mol. The molecule has 27 heavy (non-hydrogen) atoms. The summed E-state index contributed by atoms with van der Waals surface area (Å²) in [5.41, 5.74) is -0.317. The second-order valence-corrected chi connectivity index (χ2v) is 8.20. The fraction of sp³-hybridized carbons (Fsp3) is 0.500. The van der Waals surface area contributed by atoms with Crippen molar-refractivity contribution in [3.05, 3.63) is 16.7 Å². The van der Waals surface area contributed by atoms with Crippen molar-refractivity contribution < 1.29 is 29.1 Å². The van der Waals surface area contributed by atoms with Gasteiger partial charge in [0.05, 0.1) is 30.6 Å². The van der Waals surface area contributed by atoms with Crippen LogP contribution in [0.2, 0.25) is 0 Å². The van der Waals surface area contributed by atoms with Crippen molar-refractivity contribution in [3.63, 3.8) is 0 Å². The molecule has 2 aromatic heterocycles. The number of phosphoric ester groups is 1. The number of phosphoric acid groups is 1. The average Bonchev–Trinajstić information content (AvgIpc) is 3.13. The molecular formula is C12H17N6O7PS. The van der Waals surface area contributed by atoms with Gasteiger partial charge in [-0.25, -0.2) is 9.55 Å². The maximum Gasteiger partial charge on any atom is 0.469 e. The highest BCUT2D eigenvalue weighted by Gasteiger charge is 2.44. The Morgan fingerprint density at radius 1 is 1.48 bits per heavy atom. The largest absolute Gasteiger partial charge is 0.469 e. The molecule has 0 aromatic carbocycles. The van der Waals surface area contributed by atoms with Crippen LogP contribution in [0.25, 0.3) is 11.2 Å². The van der Waals surface area contributed by atoms with E-state index in [4.69, 9.17) is 9.79 Å². The van der Waals surface area contributed by atoms with Gasteiger partial charge in [-0.3, -0.25) is 23.9 Å². The minimum atomic E-state index is -4.71. The molecule has 1 aliphatic heterocycles. The number of aliphatic imine (C=N–C) groups is 1. The maximum atomic E-state index is 12.1. The molecule has 6 N–H and O–H groups in total. The van der Waals surface area contributed by atoms with Gasteiger partial charge in [0.1, 0.15) is 11.5 Å². The molecule has 148 valence electrons. The maximum absolute atomic E-state index is 12.1. The van der Waals surface area contributed by atoms with Gasteiger partial charge in [0, 0.05) is 7.05 Å². The number of anilines is 1. The molecule has 3 heterocycles. The smallest absolute Gasteiger partial charge is 0.389 e. The monoisotopic (exact) mass is 420 g/mol. The van der Waals surface area contributed by atoms with Crippen molar-refractivity contribution in [2.24, 2.45) is 4.99 Å². The van der Waals surface area contributed by atoms with Gasteiger partial charge in [0.2, 0.25) is 5.95 Å². The van der Waals surface area contributed by atoms with E-state index in [2.05, 4.69) is 29.8 Å². The van der Waals surface area contributed by atoms with Crippen molar-refractivity contribution in [3.8, 4) is 0 Å². The fourth-order valence-electron chi connectivity index (χ4n) is 2.57. The second kappa shape index (κ2) is 7.67. The van der Waals surface area contributed by atoms with Crippen molar-refractivity contribution in [1.29, 1.82) is 0 Å². The molecule has 0 radical (unpaired) electrons. The Hall–Kier alpha value is -1.80. The highest BCUT2D eigenvalue weighted by Crippen LogP contribution is 2.45. The number of aromatic amines is 1. The van der Waals surface area contributed by atoms with Crippen LogP contribution in [0.4, 0.5) is 5.95 Å². The molecule has 0 unspecified atom stereocenters. The van der Waals surface area contributed by atoms with E-state index in [0.29, 0.717) is 0 Å². The summed E-state index contributed by atoms with van der Waals surface area (Å²) in [6, 6.07) is 0. The molecule has 2 aromatic rings. The van der Waals surface area contributed by atoms with Crippen LogP contribution in [-0.4, -0.2) is 77.0 Å². The summed E-state index contributed by atoms with van der Waals surface area (Å²) in [6.45, 7) is -0.468. The number of imidazole rings is 1. The van der Waals surface area contributed by atoms with Gasteiger partial charge in [-0.15, -0.1) is 11.8 Å². The van der Waals surface area contributed by atoms with Crippen molar-refractivity contribution in [2.45, 2.75) is 22.8 Å². The van der Waals surface area contributed by atoms with Gasteiger partial charge >= 0.3 is 7.82 Å². The summed E-state index contributed by atoms with van der Waals surface area (Å²) < 4.78 is 16.7. The van der Waals surface area contributed by atoms with Gasteiger partial charge in [0.25, 0.3) is 5.56 Å². The Kier molecular flexibility index (Phi) is 5.67. The lowest BCUT2D eigenvalue weighted by molar-refractivity contribution is 0.0111. The van der Waals surface area contributed by atoms with Crippen LogP contribution in [0.5, 0.6) is 0 Å². The van der Waals surface area contributed by atoms with Crippen LogP contribution in [0.15, 0.2) is 16.1 Å². The molecule has 0 aliphatic carbocycles. The zero-order chi connectivity index (χ0) is 19.8. The number of rotatable bonds is 6. The first kappa shape index (κ1) is 19.9. The third-order valence-corrected chi connectivity index (χ3v) is 5.82. The Labute approximate surface area is 155 Å². The number of hydrogen-bond acceptors (Lipinski definition) is 9. The van der Waals surface area contributed by atoms with Crippen molar-refractivity contribution in [2.75, 3.05) is 19.0 Å². The van der Waals surface area contributed by atoms with Crippen LogP contribution >= 0.6 is 19.6 Å². The van der Waals surface area contributed by atoms with Crippen molar-refractivity contribution in [1.82, 2.24) is 19.5 Å². The molecule has 4 atom stereocenters. The number of nitrogens with one attached hydrogen (secondary N) is 2. The number of fused-ring (bicyclic) bond motifs is 1. The van der Waals surface area contributed by atoms with Crippen LogP contribution in [0, 0.1) is 0 Å². The second-order valence-electron chi connectivity index (χ2n) is 5.60. The lowest BCUT2D eigenvalue weighted by atomic mass is 10.1. The van der Waals surface area contributed by atoms with E-state index in [-0.39, 0.29) is 17.1 Å². The van der Waals surface area contributed by atoms with E-state index in [1.165, 1.54) is 24.3 Å². The molecular weight excluding hydrogens is 403 g/mol. The highest BCUT2D eigenvalue weighted by atomic mass is 32.2. The van der Waals surface area contributed by atoms with E-state index in [9.17, 15) is 19.6 Å². The molecule has 1 saturated heterocycles. The first-order valence-corrected chi connectivity index (χ1v) is 10.0. The number of aliphatic hydroxyl groups is 2. The minimum Gasteiger partial charge on any atom is -0.389 e. The molecule has 13 nitrogen and oxygen atoms in total. The molecule has 0 bridgehead atoms. The Morgan fingerprint density at radius 3 is 2.89 bits per heavy atom. The van der Waals surface area contributed by atoms with Crippen molar-refractivity contribution >= 4 is 43.0 Å². The van der Waals surface area contributed by atoms with E-state index in [0.717, 1.165) is 11.8 Å².